The van der Waals surface area contributed by atoms with Crippen LogP contribution in [0.2, 0.25) is 0 Å². The van der Waals surface area contributed by atoms with Crippen molar-refractivity contribution in [3.8, 4) is 6.07 Å². The zero-order valence-corrected chi connectivity index (χ0v) is 15.1. The number of hydrogen-bond donors (Lipinski definition) is 0. The van der Waals surface area contributed by atoms with E-state index in [1.165, 1.54) is 6.08 Å². The SMILES string of the molecule is N#Cc1ccc(/C=C/C(=O)OCC(=O)c2cccc(N3CCCC3=O)c2)cc1. The van der Waals surface area contributed by atoms with Crippen molar-refractivity contribution in [3.05, 3.63) is 71.3 Å². The van der Waals surface area contributed by atoms with Crippen LogP contribution in [-0.4, -0.2) is 30.8 Å². The molecule has 1 fully saturated rings. The van der Waals surface area contributed by atoms with E-state index in [0.29, 0.717) is 29.8 Å². The Balaban J connectivity index is 1.56. The second-order valence-electron chi connectivity index (χ2n) is 6.30. The quantitative estimate of drug-likeness (QED) is 0.440. The van der Waals surface area contributed by atoms with Crippen LogP contribution in [0.15, 0.2) is 54.6 Å². The van der Waals surface area contributed by atoms with Crippen LogP contribution < -0.4 is 4.90 Å². The Kier molecular flexibility index (Phi) is 5.97. The van der Waals surface area contributed by atoms with Crippen molar-refractivity contribution in [1.82, 2.24) is 0 Å². The van der Waals surface area contributed by atoms with Crippen molar-refractivity contribution < 1.29 is 19.1 Å². The molecule has 0 aliphatic carbocycles. The highest BCUT2D eigenvalue weighted by Crippen LogP contribution is 2.22. The van der Waals surface area contributed by atoms with Gasteiger partial charge in [0, 0.05) is 30.3 Å². The van der Waals surface area contributed by atoms with Crippen molar-refractivity contribution in [2.75, 3.05) is 18.1 Å². The molecule has 0 unspecified atom stereocenters. The summed E-state index contributed by atoms with van der Waals surface area (Å²) in [6.45, 7) is 0.263. The molecule has 2 aromatic rings. The van der Waals surface area contributed by atoms with Gasteiger partial charge in [-0.25, -0.2) is 4.79 Å². The third kappa shape index (κ3) is 4.71. The van der Waals surface area contributed by atoms with Crippen LogP contribution in [0.5, 0.6) is 0 Å². The summed E-state index contributed by atoms with van der Waals surface area (Å²) in [4.78, 5) is 37.6. The Morgan fingerprint density at radius 2 is 1.96 bits per heavy atom. The van der Waals surface area contributed by atoms with Crippen molar-refractivity contribution in [3.63, 3.8) is 0 Å². The standard InChI is InChI=1S/C22H18N2O4/c23-14-17-8-6-16(7-9-17)10-11-22(27)28-15-20(25)18-3-1-4-19(13-18)24-12-2-5-21(24)26/h1,3-4,6-11,13H,2,5,12,15H2/b11-10+. The normalized spacial score (nSPS) is 13.5. The van der Waals surface area contributed by atoms with E-state index in [4.69, 9.17) is 10.00 Å². The molecule has 2 aromatic carbocycles. The molecule has 1 aliphatic rings. The number of Topliss-reactive ketones (excluding diaryl/α,β-unsaturated/α-hetero) is 1. The predicted octanol–water partition coefficient (Wildman–Crippen LogP) is 3.12. The monoisotopic (exact) mass is 374 g/mol. The number of rotatable bonds is 6. The van der Waals surface area contributed by atoms with Crippen LogP contribution in [0.3, 0.4) is 0 Å². The number of hydrogen-bond acceptors (Lipinski definition) is 5. The number of carbonyl (C=O) groups excluding carboxylic acids is 3. The minimum absolute atomic E-state index is 0.0453. The lowest BCUT2D eigenvalue weighted by Crippen LogP contribution is -2.24. The lowest BCUT2D eigenvalue weighted by molar-refractivity contribution is -0.136. The molecule has 1 amide bonds. The van der Waals surface area contributed by atoms with Gasteiger partial charge >= 0.3 is 5.97 Å². The van der Waals surface area contributed by atoms with Gasteiger partial charge in [0.2, 0.25) is 5.91 Å². The van der Waals surface area contributed by atoms with Crippen molar-refractivity contribution >= 4 is 29.4 Å². The highest BCUT2D eigenvalue weighted by atomic mass is 16.5. The van der Waals surface area contributed by atoms with Gasteiger partial charge < -0.3 is 9.64 Å². The summed E-state index contributed by atoms with van der Waals surface area (Å²) in [5, 5.41) is 8.76. The minimum atomic E-state index is -0.636. The maximum absolute atomic E-state index is 12.3. The molecular weight excluding hydrogens is 356 g/mol. The lowest BCUT2D eigenvalue weighted by Gasteiger charge is -2.16. The summed E-state index contributed by atoms with van der Waals surface area (Å²) < 4.78 is 5.00. The second-order valence-corrected chi connectivity index (χ2v) is 6.30. The second kappa shape index (κ2) is 8.78. The van der Waals surface area contributed by atoms with Crippen molar-refractivity contribution in [2.45, 2.75) is 12.8 Å². The average molecular weight is 374 g/mol. The van der Waals surface area contributed by atoms with Gasteiger partial charge in [-0.1, -0.05) is 24.3 Å². The first-order valence-corrected chi connectivity index (χ1v) is 8.85. The summed E-state index contributed by atoms with van der Waals surface area (Å²) in [6.07, 6.45) is 4.10. The van der Waals surface area contributed by atoms with Gasteiger partial charge in [-0.05, 0) is 42.3 Å². The van der Waals surface area contributed by atoms with Crippen LogP contribution in [0, 0.1) is 11.3 Å². The van der Waals surface area contributed by atoms with E-state index >= 15 is 0 Å². The molecule has 1 heterocycles. The van der Waals surface area contributed by atoms with Gasteiger partial charge in [-0.15, -0.1) is 0 Å². The smallest absolute Gasteiger partial charge is 0.331 e. The van der Waals surface area contributed by atoms with E-state index < -0.39 is 5.97 Å². The molecule has 1 saturated heterocycles. The van der Waals surface area contributed by atoms with Gasteiger partial charge in [-0.3, -0.25) is 9.59 Å². The van der Waals surface area contributed by atoms with E-state index in [1.807, 2.05) is 6.07 Å². The third-order valence-corrected chi connectivity index (χ3v) is 4.35. The topological polar surface area (TPSA) is 87.5 Å². The van der Waals surface area contributed by atoms with Crippen LogP contribution in [0.25, 0.3) is 6.08 Å². The fraction of sp³-hybridized carbons (Fsp3) is 0.182. The Hall–Kier alpha value is -3.72. The van der Waals surface area contributed by atoms with Gasteiger partial charge in [0.1, 0.15) is 0 Å². The Morgan fingerprint density at radius 1 is 1.18 bits per heavy atom. The van der Waals surface area contributed by atoms with Crippen molar-refractivity contribution in [2.24, 2.45) is 0 Å². The number of ether oxygens (including phenoxy) is 1. The first-order valence-electron chi connectivity index (χ1n) is 8.85. The van der Waals surface area contributed by atoms with Crippen LogP contribution in [0.4, 0.5) is 5.69 Å². The summed E-state index contributed by atoms with van der Waals surface area (Å²) in [5.41, 5.74) is 2.34. The number of esters is 1. The molecule has 3 rings (SSSR count). The van der Waals surface area contributed by atoms with Gasteiger partial charge in [0.25, 0.3) is 0 Å². The Bertz CT molecular complexity index is 971. The molecule has 0 aromatic heterocycles. The molecule has 0 N–H and O–H groups in total. The first-order chi connectivity index (χ1) is 13.6. The van der Waals surface area contributed by atoms with Crippen molar-refractivity contribution in [1.29, 1.82) is 5.26 Å². The van der Waals surface area contributed by atoms with Crippen LogP contribution in [-0.2, 0) is 14.3 Å². The third-order valence-electron chi connectivity index (χ3n) is 4.35. The summed E-state index contributed by atoms with van der Waals surface area (Å²) in [5.74, 6) is -0.929. The molecule has 0 atom stereocenters. The molecule has 0 bridgehead atoms. The summed E-state index contributed by atoms with van der Waals surface area (Å²) >= 11 is 0. The molecule has 0 saturated carbocycles. The lowest BCUT2D eigenvalue weighted by atomic mass is 10.1. The maximum Gasteiger partial charge on any atom is 0.331 e. The highest BCUT2D eigenvalue weighted by molar-refractivity contribution is 6.01. The van der Waals surface area contributed by atoms with Gasteiger partial charge in [0.15, 0.2) is 12.4 Å². The van der Waals surface area contributed by atoms with E-state index in [2.05, 4.69) is 0 Å². The fourth-order valence-corrected chi connectivity index (χ4v) is 2.87. The number of anilines is 1. The van der Waals surface area contributed by atoms with E-state index in [0.717, 1.165) is 12.0 Å². The zero-order chi connectivity index (χ0) is 19.9. The first kappa shape index (κ1) is 19.1. The molecule has 6 heteroatoms. The van der Waals surface area contributed by atoms with E-state index in [-0.39, 0.29) is 18.3 Å². The number of nitrogens with zero attached hydrogens (tertiary/aromatic N) is 2. The van der Waals surface area contributed by atoms with Crippen LogP contribution in [0.1, 0.15) is 34.3 Å². The molecule has 1 aliphatic heterocycles. The Labute approximate surface area is 162 Å². The fourth-order valence-electron chi connectivity index (χ4n) is 2.87. The molecule has 6 nitrogen and oxygen atoms in total. The molecule has 140 valence electrons. The summed E-state index contributed by atoms with van der Waals surface area (Å²) in [6, 6.07) is 15.5. The molecule has 0 spiro atoms. The number of nitriles is 1. The zero-order valence-electron chi connectivity index (χ0n) is 15.1. The molecule has 28 heavy (non-hydrogen) atoms. The Morgan fingerprint density at radius 3 is 2.64 bits per heavy atom. The van der Waals surface area contributed by atoms with E-state index in [9.17, 15) is 14.4 Å². The number of ketones is 1. The number of amides is 1. The molecular formula is C22H18N2O4. The highest BCUT2D eigenvalue weighted by Gasteiger charge is 2.22. The van der Waals surface area contributed by atoms with Crippen LogP contribution >= 0.6 is 0 Å². The van der Waals surface area contributed by atoms with Gasteiger partial charge in [0.05, 0.1) is 11.6 Å². The average Bonchev–Trinajstić information content (AvgIpc) is 3.16. The number of benzene rings is 2. The minimum Gasteiger partial charge on any atom is -0.454 e. The summed E-state index contributed by atoms with van der Waals surface area (Å²) in [7, 11) is 0. The predicted molar refractivity (Wildman–Crippen MR) is 104 cm³/mol. The molecule has 0 radical (unpaired) electrons. The van der Waals surface area contributed by atoms with E-state index in [1.54, 1.807) is 59.5 Å². The number of carbonyl (C=O) groups is 3. The maximum atomic E-state index is 12.3. The largest absolute Gasteiger partial charge is 0.454 e. The van der Waals surface area contributed by atoms with Gasteiger partial charge in [-0.2, -0.15) is 5.26 Å².